The fraction of sp³-hybridized carbons (Fsp3) is 0.389. The van der Waals surface area contributed by atoms with Gasteiger partial charge in [-0.3, -0.25) is 15.2 Å². The number of amides is 2. The minimum absolute atomic E-state index is 0.0897. The molecule has 0 fully saturated rings. The van der Waals surface area contributed by atoms with Crippen molar-refractivity contribution in [1.29, 1.82) is 0 Å². The summed E-state index contributed by atoms with van der Waals surface area (Å²) in [7, 11) is 0. The van der Waals surface area contributed by atoms with Gasteiger partial charge in [0.05, 0.1) is 21.5 Å². The SMILES string of the molecule is CC(C)c1[nH]nc(C(=O)Nc2cc(F)ccc2NC(=O)OC(C)(C)C)c1Br. The van der Waals surface area contributed by atoms with E-state index in [1.807, 2.05) is 13.8 Å². The Balaban J connectivity index is 2.24. The Hall–Kier alpha value is -2.42. The third kappa shape index (κ3) is 5.53. The van der Waals surface area contributed by atoms with Gasteiger partial charge in [0, 0.05) is 0 Å². The molecule has 3 N–H and O–H groups in total. The number of rotatable bonds is 4. The van der Waals surface area contributed by atoms with E-state index in [0.717, 1.165) is 11.8 Å². The van der Waals surface area contributed by atoms with Gasteiger partial charge in [0.15, 0.2) is 5.69 Å². The number of carbonyl (C=O) groups excluding carboxylic acids is 2. The van der Waals surface area contributed by atoms with Crippen molar-refractivity contribution in [3.8, 4) is 0 Å². The number of benzene rings is 1. The monoisotopic (exact) mass is 440 g/mol. The van der Waals surface area contributed by atoms with Crippen LogP contribution in [0.3, 0.4) is 0 Å². The number of anilines is 2. The second-order valence-electron chi connectivity index (χ2n) is 7.23. The van der Waals surface area contributed by atoms with Crippen LogP contribution in [0.15, 0.2) is 22.7 Å². The predicted octanol–water partition coefficient (Wildman–Crippen LogP) is 5.03. The molecule has 0 saturated heterocycles. The average Bonchev–Trinajstić information content (AvgIpc) is 2.90. The van der Waals surface area contributed by atoms with Crippen LogP contribution in [0.2, 0.25) is 0 Å². The van der Waals surface area contributed by atoms with E-state index in [4.69, 9.17) is 4.74 Å². The highest BCUT2D eigenvalue weighted by Gasteiger charge is 2.22. The number of aromatic amines is 1. The van der Waals surface area contributed by atoms with Gasteiger partial charge in [0.25, 0.3) is 5.91 Å². The summed E-state index contributed by atoms with van der Waals surface area (Å²) in [5, 5.41) is 11.9. The number of nitrogens with zero attached hydrogens (tertiary/aromatic N) is 1. The minimum atomic E-state index is -0.715. The molecule has 0 unspecified atom stereocenters. The second kappa shape index (κ2) is 8.08. The van der Waals surface area contributed by atoms with E-state index in [2.05, 4.69) is 36.8 Å². The topological polar surface area (TPSA) is 96.1 Å². The Kier molecular flexibility index (Phi) is 6.25. The van der Waals surface area contributed by atoms with Crippen LogP contribution in [0, 0.1) is 5.82 Å². The normalized spacial score (nSPS) is 11.4. The summed E-state index contributed by atoms with van der Waals surface area (Å²) in [6.45, 7) is 9.08. The largest absolute Gasteiger partial charge is 0.444 e. The van der Waals surface area contributed by atoms with Gasteiger partial charge < -0.3 is 10.1 Å². The maximum Gasteiger partial charge on any atom is 0.412 e. The van der Waals surface area contributed by atoms with Crippen molar-refractivity contribution in [3.63, 3.8) is 0 Å². The van der Waals surface area contributed by atoms with Crippen molar-refractivity contribution >= 4 is 39.3 Å². The van der Waals surface area contributed by atoms with Crippen LogP contribution < -0.4 is 10.6 Å². The maximum absolute atomic E-state index is 13.7. The number of halogens is 2. The summed E-state index contributed by atoms with van der Waals surface area (Å²) in [4.78, 5) is 24.5. The average molecular weight is 441 g/mol. The van der Waals surface area contributed by atoms with Gasteiger partial charge in [-0.25, -0.2) is 9.18 Å². The van der Waals surface area contributed by atoms with Crippen molar-refractivity contribution in [1.82, 2.24) is 10.2 Å². The van der Waals surface area contributed by atoms with Crippen LogP contribution in [0.5, 0.6) is 0 Å². The standard InChI is InChI=1S/C18H22BrFN4O3/c1-9(2)14-13(19)15(24-23-14)16(25)21-12-8-10(20)6-7-11(12)22-17(26)27-18(3,4)5/h6-9H,1-5H3,(H,21,25)(H,22,26)(H,23,24). The molecular weight excluding hydrogens is 419 g/mol. The summed E-state index contributed by atoms with van der Waals surface area (Å²) in [5.41, 5.74) is 0.500. The van der Waals surface area contributed by atoms with E-state index in [9.17, 15) is 14.0 Å². The Bertz CT molecular complexity index is 859. The first kappa shape index (κ1) is 20.9. The Morgan fingerprint density at radius 1 is 1.22 bits per heavy atom. The summed E-state index contributed by atoms with van der Waals surface area (Å²) in [6, 6.07) is 3.62. The minimum Gasteiger partial charge on any atom is -0.444 e. The van der Waals surface area contributed by atoms with Crippen LogP contribution in [-0.2, 0) is 4.74 Å². The van der Waals surface area contributed by atoms with Crippen LogP contribution in [0.4, 0.5) is 20.6 Å². The molecule has 0 aliphatic heterocycles. The number of aromatic nitrogens is 2. The van der Waals surface area contributed by atoms with Crippen LogP contribution in [0.1, 0.15) is 56.7 Å². The predicted molar refractivity (Wildman–Crippen MR) is 105 cm³/mol. The zero-order valence-electron chi connectivity index (χ0n) is 15.7. The van der Waals surface area contributed by atoms with Gasteiger partial charge in [-0.05, 0) is 60.8 Å². The van der Waals surface area contributed by atoms with Gasteiger partial charge in [0.1, 0.15) is 11.4 Å². The molecule has 0 saturated carbocycles. The van der Waals surface area contributed by atoms with E-state index < -0.39 is 23.4 Å². The van der Waals surface area contributed by atoms with Crippen molar-refractivity contribution in [3.05, 3.63) is 39.9 Å². The molecule has 2 rings (SSSR count). The Morgan fingerprint density at radius 3 is 2.44 bits per heavy atom. The smallest absolute Gasteiger partial charge is 0.412 e. The van der Waals surface area contributed by atoms with E-state index in [1.165, 1.54) is 12.1 Å². The Morgan fingerprint density at radius 2 is 1.89 bits per heavy atom. The fourth-order valence-electron chi connectivity index (χ4n) is 2.20. The molecule has 0 aliphatic carbocycles. The van der Waals surface area contributed by atoms with Crippen molar-refractivity contribution in [2.24, 2.45) is 0 Å². The molecule has 0 bridgehead atoms. The molecule has 2 aromatic rings. The zero-order valence-corrected chi connectivity index (χ0v) is 17.3. The molecule has 1 heterocycles. The van der Waals surface area contributed by atoms with Gasteiger partial charge in [-0.15, -0.1) is 0 Å². The van der Waals surface area contributed by atoms with E-state index in [0.29, 0.717) is 4.47 Å². The number of nitrogens with one attached hydrogen (secondary N) is 3. The lowest BCUT2D eigenvalue weighted by molar-refractivity contribution is 0.0635. The molecule has 0 aliphatic rings. The lowest BCUT2D eigenvalue weighted by atomic mass is 10.1. The molecule has 27 heavy (non-hydrogen) atoms. The first-order chi connectivity index (χ1) is 12.5. The Labute approximate surface area is 165 Å². The third-order valence-corrected chi connectivity index (χ3v) is 4.19. The molecule has 1 aromatic heterocycles. The van der Waals surface area contributed by atoms with E-state index >= 15 is 0 Å². The van der Waals surface area contributed by atoms with Crippen LogP contribution in [-0.4, -0.2) is 27.8 Å². The number of H-pyrrole nitrogens is 1. The number of hydrogen-bond donors (Lipinski definition) is 3. The number of ether oxygens (including phenoxy) is 1. The van der Waals surface area contributed by atoms with E-state index in [-0.39, 0.29) is 23.0 Å². The molecule has 7 nitrogen and oxygen atoms in total. The van der Waals surface area contributed by atoms with Crippen molar-refractivity contribution in [2.45, 2.75) is 46.1 Å². The highest BCUT2D eigenvalue weighted by molar-refractivity contribution is 9.10. The second-order valence-corrected chi connectivity index (χ2v) is 8.02. The number of carbonyl (C=O) groups is 2. The fourth-order valence-corrected chi connectivity index (χ4v) is 3.01. The molecule has 1 aromatic carbocycles. The quantitative estimate of drug-likeness (QED) is 0.620. The van der Waals surface area contributed by atoms with Crippen molar-refractivity contribution < 1.29 is 18.7 Å². The molecule has 2 amide bonds. The molecule has 0 spiro atoms. The molecule has 146 valence electrons. The van der Waals surface area contributed by atoms with Crippen molar-refractivity contribution in [2.75, 3.05) is 10.6 Å². The first-order valence-corrected chi connectivity index (χ1v) is 9.12. The van der Waals surface area contributed by atoms with Crippen LogP contribution >= 0.6 is 15.9 Å². The number of hydrogen-bond acceptors (Lipinski definition) is 4. The molecule has 0 atom stereocenters. The highest BCUT2D eigenvalue weighted by Crippen LogP contribution is 2.28. The van der Waals surface area contributed by atoms with Gasteiger partial charge in [-0.1, -0.05) is 13.8 Å². The van der Waals surface area contributed by atoms with Gasteiger partial charge in [0.2, 0.25) is 0 Å². The summed E-state index contributed by atoms with van der Waals surface area (Å²) < 4.78 is 19.4. The van der Waals surface area contributed by atoms with Crippen LogP contribution in [0.25, 0.3) is 0 Å². The van der Waals surface area contributed by atoms with Gasteiger partial charge in [-0.2, -0.15) is 5.10 Å². The zero-order chi connectivity index (χ0) is 20.4. The van der Waals surface area contributed by atoms with E-state index in [1.54, 1.807) is 20.8 Å². The summed E-state index contributed by atoms with van der Waals surface area (Å²) in [6.07, 6.45) is -0.715. The lowest BCUT2D eigenvalue weighted by Crippen LogP contribution is -2.27. The third-order valence-electron chi connectivity index (χ3n) is 3.39. The summed E-state index contributed by atoms with van der Waals surface area (Å²) >= 11 is 3.35. The molecule has 0 radical (unpaired) electrons. The summed E-state index contributed by atoms with van der Waals surface area (Å²) in [5.74, 6) is -0.987. The first-order valence-electron chi connectivity index (χ1n) is 8.32. The molecular formula is C18H22BrFN4O3. The molecule has 9 heteroatoms. The lowest BCUT2D eigenvalue weighted by Gasteiger charge is -2.20. The highest BCUT2D eigenvalue weighted by atomic mass is 79.9. The maximum atomic E-state index is 13.7. The van der Waals surface area contributed by atoms with Gasteiger partial charge >= 0.3 is 6.09 Å².